The molecule has 1 N–H and O–H groups in total. The molecule has 6 heteroatoms. The normalized spacial score (nSPS) is 20.8. The Hall–Kier alpha value is -1.43. The highest BCUT2D eigenvalue weighted by molar-refractivity contribution is 7.99. The van der Waals surface area contributed by atoms with E-state index in [1.807, 2.05) is 48.2 Å². The van der Waals surface area contributed by atoms with Crippen LogP contribution in [-0.2, 0) is 10.2 Å². The van der Waals surface area contributed by atoms with Crippen molar-refractivity contribution in [1.29, 1.82) is 0 Å². The number of carbonyl (C=O) groups excluding carboxylic acids is 1. The van der Waals surface area contributed by atoms with Crippen LogP contribution in [0.3, 0.4) is 0 Å². The van der Waals surface area contributed by atoms with E-state index in [9.17, 15) is 4.79 Å². The fourth-order valence-electron chi connectivity index (χ4n) is 4.53. The second-order valence-electron chi connectivity index (χ2n) is 7.69. The molecule has 1 aliphatic carbocycles. The molecule has 0 unspecified atom stereocenters. The number of halogens is 1. The van der Waals surface area contributed by atoms with Crippen molar-refractivity contribution in [1.82, 2.24) is 10.2 Å². The zero-order valence-corrected chi connectivity index (χ0v) is 17.6. The number of furan rings is 1. The molecule has 1 saturated carbocycles. The summed E-state index contributed by atoms with van der Waals surface area (Å²) in [4.78, 5) is 15.8. The van der Waals surface area contributed by atoms with Gasteiger partial charge in [0.1, 0.15) is 5.76 Å². The summed E-state index contributed by atoms with van der Waals surface area (Å²) < 4.78 is 5.72. The van der Waals surface area contributed by atoms with Crippen molar-refractivity contribution in [2.45, 2.75) is 37.1 Å². The molecule has 4 rings (SSSR count). The van der Waals surface area contributed by atoms with E-state index in [1.54, 1.807) is 6.26 Å². The van der Waals surface area contributed by atoms with Gasteiger partial charge in [0.25, 0.3) is 0 Å². The summed E-state index contributed by atoms with van der Waals surface area (Å²) in [5.41, 5.74) is 0.645. The van der Waals surface area contributed by atoms with E-state index in [-0.39, 0.29) is 11.9 Å². The number of nitrogens with one attached hydrogen (secondary N) is 1. The average Bonchev–Trinajstić information content (AvgIpc) is 3.42. The lowest BCUT2D eigenvalue weighted by Gasteiger charge is -2.35. The molecule has 2 heterocycles. The van der Waals surface area contributed by atoms with E-state index in [0.29, 0.717) is 11.6 Å². The summed E-state index contributed by atoms with van der Waals surface area (Å²) >= 11 is 8.06. The number of rotatable bonds is 6. The summed E-state index contributed by atoms with van der Waals surface area (Å²) in [7, 11) is 0. The van der Waals surface area contributed by atoms with Gasteiger partial charge >= 0.3 is 0 Å². The number of hydrogen-bond donors (Lipinski definition) is 1. The van der Waals surface area contributed by atoms with Gasteiger partial charge in [0.15, 0.2) is 0 Å². The number of thioether (sulfide) groups is 1. The van der Waals surface area contributed by atoms with Crippen LogP contribution in [0, 0.1) is 0 Å². The Morgan fingerprint density at radius 3 is 2.54 bits per heavy atom. The molecule has 2 aromatic rings. The van der Waals surface area contributed by atoms with Crippen LogP contribution in [0.4, 0.5) is 0 Å². The van der Waals surface area contributed by atoms with Gasteiger partial charge in [-0.2, -0.15) is 11.8 Å². The maximum Gasteiger partial charge on any atom is 0.230 e. The third-order valence-electron chi connectivity index (χ3n) is 6.10. The minimum Gasteiger partial charge on any atom is -0.468 e. The molecular formula is C22H27ClN2O2S. The smallest absolute Gasteiger partial charge is 0.230 e. The van der Waals surface area contributed by atoms with E-state index < -0.39 is 5.41 Å². The molecule has 1 amide bonds. The van der Waals surface area contributed by atoms with E-state index in [2.05, 4.69) is 10.2 Å². The summed E-state index contributed by atoms with van der Waals surface area (Å²) in [5, 5.41) is 3.99. The zero-order valence-electron chi connectivity index (χ0n) is 16.0. The lowest BCUT2D eigenvalue weighted by Crippen LogP contribution is -2.47. The van der Waals surface area contributed by atoms with Gasteiger partial charge in [0.05, 0.1) is 17.7 Å². The maximum absolute atomic E-state index is 13.4. The summed E-state index contributed by atoms with van der Waals surface area (Å²) in [6.07, 6.45) is 5.68. The Balaban J connectivity index is 1.51. The molecule has 0 bridgehead atoms. The van der Waals surface area contributed by atoms with Crippen LogP contribution in [0.1, 0.15) is 43.0 Å². The second-order valence-corrected chi connectivity index (χ2v) is 9.35. The van der Waals surface area contributed by atoms with E-state index in [0.717, 1.165) is 61.6 Å². The quantitative estimate of drug-likeness (QED) is 0.741. The van der Waals surface area contributed by atoms with Gasteiger partial charge < -0.3 is 9.73 Å². The van der Waals surface area contributed by atoms with E-state index in [4.69, 9.17) is 16.0 Å². The Kier molecular flexibility index (Phi) is 6.34. The Bertz CT molecular complexity index is 766. The maximum atomic E-state index is 13.4. The van der Waals surface area contributed by atoms with Crippen molar-refractivity contribution in [3.8, 4) is 0 Å². The highest BCUT2D eigenvalue weighted by atomic mass is 35.5. The fraction of sp³-hybridized carbons (Fsp3) is 0.500. The molecule has 1 aliphatic heterocycles. The Morgan fingerprint density at radius 2 is 1.89 bits per heavy atom. The molecule has 1 saturated heterocycles. The van der Waals surface area contributed by atoms with Crippen LogP contribution in [0.5, 0.6) is 0 Å². The van der Waals surface area contributed by atoms with Crippen molar-refractivity contribution in [2.24, 2.45) is 0 Å². The summed E-state index contributed by atoms with van der Waals surface area (Å²) in [5.74, 6) is 3.31. The highest BCUT2D eigenvalue weighted by Gasteiger charge is 2.43. The lowest BCUT2D eigenvalue weighted by atomic mass is 9.78. The van der Waals surface area contributed by atoms with Gasteiger partial charge in [-0.15, -0.1) is 0 Å². The van der Waals surface area contributed by atoms with Gasteiger partial charge in [0.2, 0.25) is 5.91 Å². The first-order chi connectivity index (χ1) is 13.7. The number of benzene rings is 1. The molecule has 28 heavy (non-hydrogen) atoms. The van der Waals surface area contributed by atoms with Gasteiger partial charge in [-0.05, 0) is 42.7 Å². The average molecular weight is 419 g/mol. The van der Waals surface area contributed by atoms with Crippen LogP contribution < -0.4 is 5.32 Å². The highest BCUT2D eigenvalue weighted by Crippen LogP contribution is 2.41. The predicted octanol–water partition coefficient (Wildman–Crippen LogP) is 4.65. The number of hydrogen-bond acceptors (Lipinski definition) is 4. The standard InChI is InChI=1S/C22H27ClN2O2S/c23-18-7-5-17(6-8-18)22(9-1-2-10-22)21(26)24-16-19(20-4-3-13-27-20)25-11-14-28-15-12-25/h3-8,13,19H,1-2,9-12,14-16H2,(H,24,26)/t19-/m0/s1. The van der Waals surface area contributed by atoms with Gasteiger partial charge in [-0.3, -0.25) is 9.69 Å². The Morgan fingerprint density at radius 1 is 1.18 bits per heavy atom. The van der Waals surface area contributed by atoms with Crippen LogP contribution in [-0.4, -0.2) is 41.9 Å². The summed E-state index contributed by atoms with van der Waals surface area (Å²) in [6, 6.07) is 11.8. The van der Waals surface area contributed by atoms with Gasteiger partial charge in [-0.1, -0.05) is 36.6 Å². The SMILES string of the molecule is O=C(NC[C@@H](c1ccco1)N1CCSCC1)C1(c2ccc(Cl)cc2)CCCC1. The van der Waals surface area contributed by atoms with Crippen molar-refractivity contribution < 1.29 is 9.21 Å². The third-order valence-corrected chi connectivity index (χ3v) is 7.30. The van der Waals surface area contributed by atoms with Crippen LogP contribution >= 0.6 is 23.4 Å². The monoisotopic (exact) mass is 418 g/mol. The first-order valence-corrected chi connectivity index (χ1v) is 11.6. The van der Waals surface area contributed by atoms with Crippen molar-refractivity contribution in [3.05, 3.63) is 59.0 Å². The number of amides is 1. The minimum absolute atomic E-state index is 0.0866. The minimum atomic E-state index is -0.434. The molecule has 2 aliphatic rings. The molecule has 0 spiro atoms. The fourth-order valence-corrected chi connectivity index (χ4v) is 5.59. The second kappa shape index (κ2) is 8.93. The molecule has 2 fully saturated rings. The summed E-state index contributed by atoms with van der Waals surface area (Å²) in [6.45, 7) is 2.62. The lowest BCUT2D eigenvalue weighted by molar-refractivity contribution is -0.127. The molecule has 150 valence electrons. The van der Waals surface area contributed by atoms with Gasteiger partial charge in [-0.25, -0.2) is 0 Å². The topological polar surface area (TPSA) is 45.5 Å². The largest absolute Gasteiger partial charge is 0.468 e. The van der Waals surface area contributed by atoms with Crippen LogP contribution in [0.2, 0.25) is 5.02 Å². The van der Waals surface area contributed by atoms with Crippen LogP contribution in [0.15, 0.2) is 47.1 Å². The first-order valence-electron chi connectivity index (χ1n) is 10.1. The van der Waals surface area contributed by atoms with E-state index in [1.165, 1.54) is 0 Å². The van der Waals surface area contributed by atoms with Crippen LogP contribution in [0.25, 0.3) is 0 Å². The molecular weight excluding hydrogens is 392 g/mol. The molecule has 4 nitrogen and oxygen atoms in total. The van der Waals surface area contributed by atoms with Crippen molar-refractivity contribution in [3.63, 3.8) is 0 Å². The molecule has 1 aromatic heterocycles. The van der Waals surface area contributed by atoms with Crippen molar-refractivity contribution >= 4 is 29.3 Å². The molecule has 1 aromatic carbocycles. The van der Waals surface area contributed by atoms with E-state index >= 15 is 0 Å². The molecule has 1 atom stereocenters. The zero-order chi connectivity index (χ0) is 19.4. The number of carbonyl (C=O) groups is 1. The number of nitrogens with zero attached hydrogens (tertiary/aromatic N) is 1. The Labute approximate surface area is 176 Å². The third kappa shape index (κ3) is 4.12. The van der Waals surface area contributed by atoms with Crippen molar-refractivity contribution in [2.75, 3.05) is 31.1 Å². The van der Waals surface area contributed by atoms with Gasteiger partial charge in [0, 0.05) is 36.2 Å². The first kappa shape index (κ1) is 19.9. The molecule has 0 radical (unpaired) electrons. The predicted molar refractivity (Wildman–Crippen MR) is 115 cm³/mol.